The summed E-state index contributed by atoms with van der Waals surface area (Å²) < 4.78 is 5.40. The minimum absolute atomic E-state index is 0.146. The fraction of sp³-hybridized carbons (Fsp3) is 0.727. The Kier molecular flexibility index (Phi) is 3.09. The molecule has 3 nitrogen and oxygen atoms in total. The highest BCUT2D eigenvalue weighted by Gasteiger charge is 2.28. The average Bonchev–Trinajstić information content (AvgIpc) is 2.73. The topological polar surface area (TPSA) is 34.2 Å². The lowest BCUT2D eigenvalue weighted by Gasteiger charge is -2.22. The van der Waals surface area contributed by atoms with Gasteiger partial charge in [-0.25, -0.2) is 4.98 Å². The fourth-order valence-electron chi connectivity index (χ4n) is 1.71. The monoisotopic (exact) mass is 226 g/mol. The number of aryl methyl sites for hydroxylation is 2. The number of nitrogens with zero attached hydrogens (tertiary/aromatic N) is 1. The van der Waals surface area contributed by atoms with Crippen molar-refractivity contribution in [1.82, 2.24) is 10.3 Å². The van der Waals surface area contributed by atoms with Gasteiger partial charge in [0.05, 0.1) is 12.3 Å². The van der Waals surface area contributed by atoms with Crippen LogP contribution in [-0.4, -0.2) is 23.7 Å². The summed E-state index contributed by atoms with van der Waals surface area (Å²) >= 11 is 1.78. The third-order valence-electron chi connectivity index (χ3n) is 2.96. The summed E-state index contributed by atoms with van der Waals surface area (Å²) in [6.07, 6.45) is 1.09. The van der Waals surface area contributed by atoms with Gasteiger partial charge in [0.15, 0.2) is 0 Å². The maximum atomic E-state index is 5.40. The molecule has 0 saturated carbocycles. The molecule has 1 saturated heterocycles. The molecule has 4 heteroatoms. The molecule has 1 atom stereocenters. The predicted molar refractivity (Wildman–Crippen MR) is 62.3 cm³/mol. The fourth-order valence-corrected chi connectivity index (χ4v) is 2.58. The molecule has 0 amide bonds. The van der Waals surface area contributed by atoms with Crippen LogP contribution in [0, 0.1) is 13.8 Å². The Balaban J connectivity index is 1.92. The van der Waals surface area contributed by atoms with Crippen molar-refractivity contribution in [3.8, 4) is 0 Å². The van der Waals surface area contributed by atoms with Crippen molar-refractivity contribution in [2.75, 3.05) is 13.2 Å². The molecule has 2 rings (SSSR count). The lowest BCUT2D eigenvalue weighted by Crippen LogP contribution is -2.42. The summed E-state index contributed by atoms with van der Waals surface area (Å²) in [6.45, 7) is 8.95. The number of ether oxygens (including phenoxy) is 1. The van der Waals surface area contributed by atoms with Crippen LogP contribution in [0.1, 0.15) is 28.9 Å². The van der Waals surface area contributed by atoms with E-state index < -0.39 is 0 Å². The van der Waals surface area contributed by atoms with Crippen LogP contribution in [0.25, 0.3) is 0 Å². The third kappa shape index (κ3) is 2.56. The molecule has 1 fully saturated rings. The minimum atomic E-state index is 0.146. The number of hydrogen-bond acceptors (Lipinski definition) is 4. The molecule has 0 aliphatic carbocycles. The molecule has 84 valence electrons. The second-order valence-electron chi connectivity index (χ2n) is 4.47. The van der Waals surface area contributed by atoms with E-state index in [9.17, 15) is 0 Å². The van der Waals surface area contributed by atoms with Crippen LogP contribution in [-0.2, 0) is 11.3 Å². The minimum Gasteiger partial charge on any atom is -0.379 e. The summed E-state index contributed by atoms with van der Waals surface area (Å²) in [4.78, 5) is 5.84. The van der Waals surface area contributed by atoms with Crippen molar-refractivity contribution >= 4 is 11.3 Å². The van der Waals surface area contributed by atoms with Gasteiger partial charge in [-0.05, 0) is 27.2 Å². The molecule has 1 N–H and O–H groups in total. The number of thiazole rings is 1. The molecule has 0 spiro atoms. The van der Waals surface area contributed by atoms with E-state index in [4.69, 9.17) is 4.74 Å². The van der Waals surface area contributed by atoms with Gasteiger partial charge in [-0.2, -0.15) is 0 Å². The Morgan fingerprint density at radius 3 is 2.87 bits per heavy atom. The molecule has 1 aromatic heterocycles. The molecule has 1 aliphatic rings. The van der Waals surface area contributed by atoms with Crippen LogP contribution in [0.3, 0.4) is 0 Å². The Morgan fingerprint density at radius 1 is 1.53 bits per heavy atom. The van der Waals surface area contributed by atoms with Gasteiger partial charge in [-0.15, -0.1) is 11.3 Å². The van der Waals surface area contributed by atoms with Gasteiger partial charge >= 0.3 is 0 Å². The van der Waals surface area contributed by atoms with E-state index in [2.05, 4.69) is 31.1 Å². The Hall–Kier alpha value is -0.450. The maximum absolute atomic E-state index is 5.40. The van der Waals surface area contributed by atoms with E-state index in [-0.39, 0.29) is 5.54 Å². The van der Waals surface area contributed by atoms with Crippen molar-refractivity contribution in [1.29, 1.82) is 0 Å². The number of hydrogen-bond donors (Lipinski definition) is 1. The van der Waals surface area contributed by atoms with Crippen molar-refractivity contribution < 1.29 is 4.74 Å². The molecule has 1 aromatic rings. The van der Waals surface area contributed by atoms with Crippen LogP contribution in [0.5, 0.6) is 0 Å². The quantitative estimate of drug-likeness (QED) is 0.856. The van der Waals surface area contributed by atoms with E-state index in [1.807, 2.05) is 0 Å². The van der Waals surface area contributed by atoms with Crippen molar-refractivity contribution in [3.05, 3.63) is 15.6 Å². The maximum Gasteiger partial charge on any atom is 0.107 e. The van der Waals surface area contributed by atoms with E-state index >= 15 is 0 Å². The molecule has 2 heterocycles. The summed E-state index contributed by atoms with van der Waals surface area (Å²) in [5.41, 5.74) is 1.30. The van der Waals surface area contributed by atoms with Gasteiger partial charge < -0.3 is 10.1 Å². The van der Waals surface area contributed by atoms with Gasteiger partial charge in [-0.3, -0.25) is 0 Å². The molecule has 1 unspecified atom stereocenters. The standard InChI is InChI=1S/C11H18N2OS/c1-8-9(2)15-10(13-8)6-12-11(3)4-5-14-7-11/h12H,4-7H2,1-3H3. The summed E-state index contributed by atoms with van der Waals surface area (Å²) in [5.74, 6) is 0. The first-order valence-corrected chi connectivity index (χ1v) is 6.16. The lowest BCUT2D eigenvalue weighted by atomic mass is 10.0. The molecular weight excluding hydrogens is 208 g/mol. The highest BCUT2D eigenvalue weighted by Crippen LogP contribution is 2.20. The summed E-state index contributed by atoms with van der Waals surface area (Å²) in [7, 11) is 0. The molecule has 0 radical (unpaired) electrons. The van der Waals surface area contributed by atoms with Crippen molar-refractivity contribution in [3.63, 3.8) is 0 Å². The van der Waals surface area contributed by atoms with Crippen LogP contribution < -0.4 is 5.32 Å². The molecule has 0 bridgehead atoms. The first-order chi connectivity index (χ1) is 7.09. The Morgan fingerprint density at radius 2 is 2.33 bits per heavy atom. The molecular formula is C11H18N2OS. The van der Waals surface area contributed by atoms with Crippen LogP contribution >= 0.6 is 11.3 Å². The number of aromatic nitrogens is 1. The average molecular weight is 226 g/mol. The second-order valence-corrected chi connectivity index (χ2v) is 5.75. The highest BCUT2D eigenvalue weighted by atomic mass is 32.1. The van der Waals surface area contributed by atoms with Crippen molar-refractivity contribution in [2.24, 2.45) is 0 Å². The first kappa shape index (κ1) is 11.0. The van der Waals surface area contributed by atoms with E-state index in [1.54, 1.807) is 11.3 Å². The zero-order chi connectivity index (χ0) is 10.9. The van der Waals surface area contributed by atoms with Gasteiger partial charge in [0, 0.05) is 23.6 Å². The zero-order valence-electron chi connectivity index (χ0n) is 9.59. The normalized spacial score (nSPS) is 26.1. The molecule has 15 heavy (non-hydrogen) atoms. The van der Waals surface area contributed by atoms with E-state index in [1.165, 1.54) is 9.88 Å². The Labute approximate surface area is 94.9 Å². The summed E-state index contributed by atoms with van der Waals surface area (Å²) in [5, 5.41) is 4.72. The predicted octanol–water partition coefficient (Wildman–Crippen LogP) is 2.03. The van der Waals surface area contributed by atoms with Gasteiger partial charge in [0.25, 0.3) is 0 Å². The van der Waals surface area contributed by atoms with Crippen LogP contribution in [0.15, 0.2) is 0 Å². The molecule has 1 aliphatic heterocycles. The third-order valence-corrected chi connectivity index (χ3v) is 4.03. The highest BCUT2D eigenvalue weighted by molar-refractivity contribution is 7.11. The zero-order valence-corrected chi connectivity index (χ0v) is 10.4. The second kappa shape index (κ2) is 4.20. The summed E-state index contributed by atoms with van der Waals surface area (Å²) in [6, 6.07) is 0. The first-order valence-electron chi connectivity index (χ1n) is 5.35. The largest absolute Gasteiger partial charge is 0.379 e. The van der Waals surface area contributed by atoms with Crippen LogP contribution in [0.4, 0.5) is 0 Å². The van der Waals surface area contributed by atoms with E-state index in [0.29, 0.717) is 0 Å². The number of rotatable bonds is 3. The van der Waals surface area contributed by atoms with E-state index in [0.717, 1.165) is 31.9 Å². The lowest BCUT2D eigenvalue weighted by molar-refractivity contribution is 0.171. The van der Waals surface area contributed by atoms with Gasteiger partial charge in [0.1, 0.15) is 5.01 Å². The van der Waals surface area contributed by atoms with Crippen molar-refractivity contribution in [2.45, 2.75) is 39.3 Å². The number of nitrogens with one attached hydrogen (secondary N) is 1. The molecule has 0 aromatic carbocycles. The smallest absolute Gasteiger partial charge is 0.107 e. The van der Waals surface area contributed by atoms with Crippen LogP contribution in [0.2, 0.25) is 0 Å². The van der Waals surface area contributed by atoms with Gasteiger partial charge in [-0.1, -0.05) is 0 Å². The van der Waals surface area contributed by atoms with Gasteiger partial charge in [0.2, 0.25) is 0 Å². The SMILES string of the molecule is Cc1nc(CNC2(C)CCOC2)sc1C. The Bertz CT molecular complexity index is 323.